The van der Waals surface area contributed by atoms with E-state index in [2.05, 4.69) is 22.0 Å². The van der Waals surface area contributed by atoms with Crippen molar-refractivity contribution in [1.82, 2.24) is 10.3 Å². The van der Waals surface area contributed by atoms with Crippen molar-refractivity contribution < 1.29 is 14.3 Å². The number of ether oxygens (including phenoxy) is 2. The highest BCUT2D eigenvalue weighted by Gasteiger charge is 2.16. The summed E-state index contributed by atoms with van der Waals surface area (Å²) in [4.78, 5) is 21.4. The van der Waals surface area contributed by atoms with Gasteiger partial charge in [-0.1, -0.05) is 6.07 Å². The predicted molar refractivity (Wildman–Crippen MR) is 133 cm³/mol. The fourth-order valence-electron chi connectivity index (χ4n) is 3.64. The molecule has 1 heterocycles. The van der Waals surface area contributed by atoms with Crippen molar-refractivity contribution in [2.45, 2.75) is 34.2 Å². The number of pyridine rings is 1. The predicted octanol–water partition coefficient (Wildman–Crippen LogP) is 5.72. The van der Waals surface area contributed by atoms with Crippen molar-refractivity contribution >= 4 is 24.1 Å². The molecule has 33 heavy (non-hydrogen) atoms. The first-order valence-corrected chi connectivity index (χ1v) is 10.7. The number of carbonyl (C=O) groups excluding carboxylic acids is 1. The zero-order valence-electron chi connectivity index (χ0n) is 19.7. The molecule has 0 spiro atoms. The van der Waals surface area contributed by atoms with Crippen LogP contribution in [0.1, 0.15) is 45.4 Å². The van der Waals surface area contributed by atoms with E-state index in [9.17, 15) is 4.79 Å². The molecule has 2 aromatic carbocycles. The first-order chi connectivity index (χ1) is 15.9. The van der Waals surface area contributed by atoms with Gasteiger partial charge in [0.25, 0.3) is 5.91 Å². The topological polar surface area (TPSA) is 72.8 Å². The summed E-state index contributed by atoms with van der Waals surface area (Å²) in [6.45, 7) is 11.7. The lowest BCUT2D eigenvalue weighted by atomic mass is 10.1. The van der Waals surface area contributed by atoms with Crippen molar-refractivity contribution in [2.75, 3.05) is 7.11 Å². The van der Waals surface area contributed by atoms with Gasteiger partial charge in [0.1, 0.15) is 17.3 Å². The van der Waals surface area contributed by atoms with Crippen molar-refractivity contribution in [2.24, 2.45) is 4.99 Å². The fraction of sp³-hybridized carbons (Fsp3) is 0.222. The molecule has 0 atom stereocenters. The molecule has 1 aromatic heterocycles. The van der Waals surface area contributed by atoms with Crippen LogP contribution in [0.3, 0.4) is 0 Å². The molecule has 1 amide bonds. The number of nitrogens with zero attached hydrogens (tertiary/aromatic N) is 2. The van der Waals surface area contributed by atoms with Crippen molar-refractivity contribution in [1.29, 1.82) is 0 Å². The number of hydrogen-bond acceptors (Lipinski definition) is 5. The minimum Gasteiger partial charge on any atom is -0.497 e. The van der Waals surface area contributed by atoms with Gasteiger partial charge in [0, 0.05) is 40.7 Å². The van der Waals surface area contributed by atoms with Gasteiger partial charge >= 0.3 is 0 Å². The van der Waals surface area contributed by atoms with Crippen LogP contribution in [0.5, 0.6) is 11.5 Å². The minimum atomic E-state index is -0.162. The van der Waals surface area contributed by atoms with Crippen LogP contribution in [0.4, 0.5) is 5.69 Å². The molecule has 0 radical (unpaired) electrons. The molecule has 1 N–H and O–H groups in total. The first kappa shape index (κ1) is 23.7. The third kappa shape index (κ3) is 5.66. The number of aromatic nitrogens is 1. The zero-order chi connectivity index (χ0) is 24.0. The van der Waals surface area contributed by atoms with E-state index >= 15 is 0 Å². The highest BCUT2D eigenvalue weighted by Crippen LogP contribution is 2.33. The summed E-state index contributed by atoms with van der Waals surface area (Å²) in [7, 11) is 1.60. The summed E-state index contributed by atoms with van der Waals surface area (Å²) < 4.78 is 11.5. The molecule has 0 bridgehead atoms. The van der Waals surface area contributed by atoms with Gasteiger partial charge in [0.05, 0.1) is 12.8 Å². The Labute approximate surface area is 195 Å². The van der Waals surface area contributed by atoms with Crippen LogP contribution in [-0.2, 0) is 6.54 Å². The van der Waals surface area contributed by atoms with Crippen LogP contribution >= 0.6 is 0 Å². The van der Waals surface area contributed by atoms with Crippen molar-refractivity contribution in [3.05, 3.63) is 88.2 Å². The quantitative estimate of drug-likeness (QED) is 0.357. The van der Waals surface area contributed by atoms with Crippen LogP contribution in [0.15, 0.2) is 59.6 Å². The molecular weight excluding hydrogens is 414 g/mol. The van der Waals surface area contributed by atoms with Crippen LogP contribution < -0.4 is 14.8 Å². The Kier molecular flexibility index (Phi) is 7.61. The Morgan fingerprint density at radius 2 is 1.82 bits per heavy atom. The largest absolute Gasteiger partial charge is 0.497 e. The molecule has 0 aliphatic heterocycles. The third-order valence-corrected chi connectivity index (χ3v) is 5.25. The van der Waals surface area contributed by atoms with Gasteiger partial charge < -0.3 is 14.8 Å². The Bertz CT molecular complexity index is 1190. The summed E-state index contributed by atoms with van der Waals surface area (Å²) in [6, 6.07) is 14.9. The SMILES string of the molecule is C=Nc1cc(OC)ccc1/C(=C\C)Oc1cccc(C(=O)NCc2cc(C)nc(C)c2)c1C. The van der Waals surface area contributed by atoms with Gasteiger partial charge in [0.2, 0.25) is 0 Å². The number of aliphatic imine (C=N–C) groups is 1. The number of hydrogen-bond donors (Lipinski definition) is 1. The van der Waals surface area contributed by atoms with Gasteiger partial charge in [-0.2, -0.15) is 0 Å². The number of carbonyl (C=O) groups is 1. The monoisotopic (exact) mass is 443 g/mol. The van der Waals surface area contributed by atoms with E-state index in [0.29, 0.717) is 35.1 Å². The van der Waals surface area contributed by atoms with E-state index < -0.39 is 0 Å². The van der Waals surface area contributed by atoms with E-state index in [-0.39, 0.29) is 5.91 Å². The maximum atomic E-state index is 12.9. The molecule has 6 heteroatoms. The Morgan fingerprint density at radius 1 is 1.09 bits per heavy atom. The Morgan fingerprint density at radius 3 is 2.45 bits per heavy atom. The average molecular weight is 444 g/mol. The van der Waals surface area contributed by atoms with Crippen LogP contribution in [0.25, 0.3) is 5.76 Å². The number of amides is 1. The molecular formula is C27H29N3O3. The molecule has 3 rings (SSSR count). The van der Waals surface area contributed by atoms with Crippen LogP contribution in [0.2, 0.25) is 0 Å². The second-order valence-electron chi connectivity index (χ2n) is 7.67. The second-order valence-corrected chi connectivity index (χ2v) is 7.67. The first-order valence-electron chi connectivity index (χ1n) is 10.7. The molecule has 6 nitrogen and oxygen atoms in total. The molecule has 170 valence electrons. The van der Waals surface area contributed by atoms with E-state index in [4.69, 9.17) is 9.47 Å². The number of rotatable bonds is 8. The van der Waals surface area contributed by atoms with E-state index in [1.54, 1.807) is 19.2 Å². The van der Waals surface area contributed by atoms with Crippen molar-refractivity contribution in [3.63, 3.8) is 0 Å². The number of nitrogens with one attached hydrogen (secondary N) is 1. The molecule has 0 aliphatic rings. The van der Waals surface area contributed by atoms with Gasteiger partial charge in [0.15, 0.2) is 0 Å². The van der Waals surface area contributed by atoms with E-state index in [1.807, 2.05) is 70.2 Å². The molecule has 3 aromatic rings. The number of benzene rings is 2. The summed E-state index contributed by atoms with van der Waals surface area (Å²) in [6.07, 6.45) is 1.86. The molecule has 0 saturated heterocycles. The highest BCUT2D eigenvalue weighted by atomic mass is 16.5. The van der Waals surface area contributed by atoms with Crippen LogP contribution in [-0.4, -0.2) is 24.7 Å². The van der Waals surface area contributed by atoms with E-state index in [1.165, 1.54) is 0 Å². The van der Waals surface area contributed by atoms with Crippen LogP contribution in [0, 0.1) is 20.8 Å². The summed E-state index contributed by atoms with van der Waals surface area (Å²) in [5.74, 6) is 1.73. The lowest BCUT2D eigenvalue weighted by Crippen LogP contribution is -2.24. The summed E-state index contributed by atoms with van der Waals surface area (Å²) in [5, 5.41) is 2.99. The molecule has 0 saturated carbocycles. The van der Waals surface area contributed by atoms with E-state index in [0.717, 1.165) is 28.1 Å². The lowest BCUT2D eigenvalue weighted by molar-refractivity contribution is 0.0950. The molecule has 0 aliphatic carbocycles. The average Bonchev–Trinajstić information content (AvgIpc) is 2.81. The Balaban J connectivity index is 1.81. The number of allylic oxidation sites excluding steroid dienone is 1. The lowest BCUT2D eigenvalue weighted by Gasteiger charge is -2.16. The maximum Gasteiger partial charge on any atom is 0.251 e. The number of methoxy groups -OCH3 is 1. The molecule has 0 unspecified atom stereocenters. The Hall–Kier alpha value is -3.93. The number of aryl methyl sites for hydroxylation is 2. The summed E-state index contributed by atoms with van der Waals surface area (Å²) >= 11 is 0. The highest BCUT2D eigenvalue weighted by molar-refractivity contribution is 5.96. The third-order valence-electron chi connectivity index (χ3n) is 5.25. The molecule has 0 fully saturated rings. The van der Waals surface area contributed by atoms with Gasteiger partial charge in [-0.05, 0) is 82.5 Å². The standard InChI is InChI=1S/C27H29N3O3/c1-7-25(23-12-11-21(32-6)15-24(23)28-5)33-26-10-8-9-22(19(26)4)27(31)29-16-20-13-17(2)30-18(3)14-20/h7-15H,5,16H2,1-4,6H3,(H,29,31)/b25-7+. The minimum absolute atomic E-state index is 0.162. The normalized spacial score (nSPS) is 11.1. The van der Waals surface area contributed by atoms with Crippen molar-refractivity contribution in [3.8, 4) is 11.5 Å². The smallest absolute Gasteiger partial charge is 0.251 e. The second kappa shape index (κ2) is 10.6. The maximum absolute atomic E-state index is 12.9. The fourth-order valence-corrected chi connectivity index (χ4v) is 3.64. The van der Waals surface area contributed by atoms with Gasteiger partial charge in [-0.3, -0.25) is 14.8 Å². The zero-order valence-corrected chi connectivity index (χ0v) is 19.7. The van der Waals surface area contributed by atoms with Gasteiger partial charge in [-0.15, -0.1) is 0 Å². The van der Waals surface area contributed by atoms with Gasteiger partial charge in [-0.25, -0.2) is 0 Å². The summed E-state index contributed by atoms with van der Waals surface area (Å²) in [5.41, 5.74) is 5.61.